The average Bonchev–Trinajstić information content (AvgIpc) is 3.00. The topological polar surface area (TPSA) is 102 Å². The first-order chi connectivity index (χ1) is 12.8. The molecule has 2 aromatic carbocycles. The average molecular weight is 403 g/mol. The number of thiazole rings is 1. The Kier molecular flexibility index (Phi) is 5.24. The third-order valence-electron chi connectivity index (χ3n) is 3.95. The quantitative estimate of drug-likeness (QED) is 0.492. The molecule has 3 rings (SSSR count). The van der Waals surface area contributed by atoms with Crippen LogP contribution in [0.4, 0.5) is 11.4 Å². The van der Waals surface area contributed by atoms with Gasteiger partial charge in [0.1, 0.15) is 10.7 Å². The molecule has 140 valence electrons. The Morgan fingerprint density at radius 1 is 1.19 bits per heavy atom. The van der Waals surface area contributed by atoms with Crippen molar-refractivity contribution in [1.82, 2.24) is 4.98 Å². The predicted molar refractivity (Wildman–Crippen MR) is 106 cm³/mol. The highest BCUT2D eigenvalue weighted by atomic mass is 32.2. The van der Waals surface area contributed by atoms with Gasteiger partial charge in [-0.15, -0.1) is 11.3 Å². The fraction of sp³-hybridized carbons (Fsp3) is 0.167. The van der Waals surface area contributed by atoms with E-state index in [0.717, 1.165) is 33.5 Å². The van der Waals surface area contributed by atoms with E-state index in [1.54, 1.807) is 0 Å². The molecule has 0 radical (unpaired) electrons. The molecule has 27 heavy (non-hydrogen) atoms. The van der Waals surface area contributed by atoms with E-state index in [4.69, 9.17) is 0 Å². The van der Waals surface area contributed by atoms with Gasteiger partial charge in [-0.2, -0.15) is 0 Å². The summed E-state index contributed by atoms with van der Waals surface area (Å²) in [5.74, 6) is 0. The molecular formula is C18H17N3O4S2. The Morgan fingerprint density at radius 3 is 2.52 bits per heavy atom. The molecule has 1 N–H and O–H groups in total. The summed E-state index contributed by atoms with van der Waals surface area (Å²) in [7, 11) is -3.52. The smallest absolute Gasteiger partial charge is 0.293 e. The summed E-state index contributed by atoms with van der Waals surface area (Å²) in [5.41, 5.74) is 1.85. The number of sulfone groups is 1. The Balaban J connectivity index is 1.85. The Hall–Kier alpha value is -2.78. The molecule has 0 spiro atoms. The van der Waals surface area contributed by atoms with Gasteiger partial charge in [-0.05, 0) is 19.1 Å². The van der Waals surface area contributed by atoms with E-state index in [1.807, 2.05) is 37.3 Å². The molecule has 7 nitrogen and oxygen atoms in total. The zero-order chi connectivity index (χ0) is 19.6. The number of nitrogens with one attached hydrogen (secondary N) is 1. The molecule has 1 heterocycles. The number of rotatable bonds is 6. The SMILES string of the molecule is Cc1nc(-c2ccccc2)sc1CNc1ccc(S(C)(=O)=O)cc1[N+](=O)[O-]. The summed E-state index contributed by atoms with van der Waals surface area (Å²) in [6, 6.07) is 13.6. The van der Waals surface area contributed by atoms with Crippen molar-refractivity contribution in [3.8, 4) is 10.6 Å². The molecule has 0 aliphatic carbocycles. The highest BCUT2D eigenvalue weighted by molar-refractivity contribution is 7.90. The lowest BCUT2D eigenvalue weighted by Gasteiger charge is -2.07. The lowest BCUT2D eigenvalue weighted by Crippen LogP contribution is -2.04. The monoisotopic (exact) mass is 403 g/mol. The molecule has 0 aliphatic heterocycles. The number of nitro benzene ring substituents is 1. The Morgan fingerprint density at radius 2 is 1.89 bits per heavy atom. The number of aromatic nitrogens is 1. The van der Waals surface area contributed by atoms with Gasteiger partial charge in [-0.25, -0.2) is 13.4 Å². The van der Waals surface area contributed by atoms with E-state index < -0.39 is 14.8 Å². The maximum absolute atomic E-state index is 11.6. The first kappa shape index (κ1) is 19.0. The number of nitrogens with zero attached hydrogens (tertiary/aromatic N) is 2. The highest BCUT2D eigenvalue weighted by Gasteiger charge is 2.19. The fourth-order valence-electron chi connectivity index (χ4n) is 2.51. The van der Waals surface area contributed by atoms with Crippen molar-refractivity contribution in [2.45, 2.75) is 18.4 Å². The van der Waals surface area contributed by atoms with Gasteiger partial charge in [0, 0.05) is 22.8 Å². The summed E-state index contributed by atoms with van der Waals surface area (Å²) in [6.07, 6.45) is 1.02. The van der Waals surface area contributed by atoms with E-state index in [1.165, 1.54) is 23.5 Å². The molecule has 0 saturated carbocycles. The minimum atomic E-state index is -3.52. The largest absolute Gasteiger partial charge is 0.375 e. The van der Waals surface area contributed by atoms with Gasteiger partial charge in [0.15, 0.2) is 9.84 Å². The number of nitro groups is 1. The van der Waals surface area contributed by atoms with Crippen LogP contribution in [0.5, 0.6) is 0 Å². The number of anilines is 1. The van der Waals surface area contributed by atoms with Gasteiger partial charge in [-0.3, -0.25) is 10.1 Å². The van der Waals surface area contributed by atoms with Crippen LogP contribution in [0, 0.1) is 17.0 Å². The first-order valence-electron chi connectivity index (χ1n) is 8.00. The molecule has 9 heteroatoms. The van der Waals surface area contributed by atoms with Crippen LogP contribution in [-0.2, 0) is 16.4 Å². The Bertz CT molecular complexity index is 1090. The zero-order valence-corrected chi connectivity index (χ0v) is 16.3. The van der Waals surface area contributed by atoms with Gasteiger partial charge in [-0.1, -0.05) is 30.3 Å². The maximum atomic E-state index is 11.6. The van der Waals surface area contributed by atoms with Crippen molar-refractivity contribution < 1.29 is 13.3 Å². The van der Waals surface area contributed by atoms with Crippen LogP contribution in [0.2, 0.25) is 0 Å². The van der Waals surface area contributed by atoms with Gasteiger partial charge in [0.2, 0.25) is 0 Å². The molecule has 0 saturated heterocycles. The highest BCUT2D eigenvalue weighted by Crippen LogP contribution is 2.31. The summed E-state index contributed by atoms with van der Waals surface area (Å²) < 4.78 is 23.3. The van der Waals surface area contributed by atoms with Crippen LogP contribution in [0.25, 0.3) is 10.6 Å². The van der Waals surface area contributed by atoms with E-state index >= 15 is 0 Å². The van der Waals surface area contributed by atoms with Crippen molar-refractivity contribution in [3.05, 3.63) is 69.2 Å². The number of benzene rings is 2. The molecule has 1 aromatic heterocycles. The summed E-state index contributed by atoms with van der Waals surface area (Å²) in [4.78, 5) is 16.2. The van der Waals surface area contributed by atoms with Crippen LogP contribution in [0.1, 0.15) is 10.6 Å². The lowest BCUT2D eigenvalue weighted by atomic mass is 10.2. The minimum Gasteiger partial charge on any atom is -0.375 e. The van der Waals surface area contributed by atoms with Crippen LogP contribution in [-0.4, -0.2) is 24.6 Å². The van der Waals surface area contributed by atoms with Gasteiger partial charge >= 0.3 is 0 Å². The molecular weight excluding hydrogens is 386 g/mol. The molecule has 0 atom stereocenters. The molecule has 0 amide bonds. The van der Waals surface area contributed by atoms with Crippen LogP contribution >= 0.6 is 11.3 Å². The number of hydrogen-bond donors (Lipinski definition) is 1. The van der Waals surface area contributed by atoms with E-state index in [-0.39, 0.29) is 16.3 Å². The fourth-order valence-corrected chi connectivity index (χ4v) is 4.16. The first-order valence-corrected chi connectivity index (χ1v) is 10.7. The molecule has 0 fully saturated rings. The zero-order valence-electron chi connectivity index (χ0n) is 14.7. The van der Waals surface area contributed by atoms with E-state index in [0.29, 0.717) is 6.54 Å². The van der Waals surface area contributed by atoms with Crippen molar-refractivity contribution in [2.24, 2.45) is 0 Å². The standard InChI is InChI=1S/C18H17N3O4S2/c1-12-17(26-18(20-12)13-6-4-3-5-7-13)11-19-15-9-8-14(27(2,24)25)10-16(15)21(22)23/h3-10,19H,11H2,1-2H3. The van der Waals surface area contributed by atoms with Crippen LogP contribution < -0.4 is 5.32 Å². The minimum absolute atomic E-state index is 0.0833. The summed E-state index contributed by atoms with van der Waals surface area (Å²) >= 11 is 1.51. The van der Waals surface area contributed by atoms with Gasteiger partial charge in [0.25, 0.3) is 5.69 Å². The van der Waals surface area contributed by atoms with Crippen molar-refractivity contribution >= 4 is 32.5 Å². The van der Waals surface area contributed by atoms with Gasteiger partial charge < -0.3 is 5.32 Å². The van der Waals surface area contributed by atoms with E-state index in [9.17, 15) is 18.5 Å². The van der Waals surface area contributed by atoms with E-state index in [2.05, 4.69) is 10.3 Å². The predicted octanol–water partition coefficient (Wildman–Crippen LogP) is 4.04. The Labute approximate surface area is 160 Å². The van der Waals surface area contributed by atoms with Gasteiger partial charge in [0.05, 0.1) is 22.1 Å². The van der Waals surface area contributed by atoms with Crippen molar-refractivity contribution in [2.75, 3.05) is 11.6 Å². The second-order valence-corrected chi connectivity index (χ2v) is 9.05. The summed E-state index contributed by atoms with van der Waals surface area (Å²) in [6.45, 7) is 2.25. The third kappa shape index (κ3) is 4.32. The second kappa shape index (κ2) is 7.45. The van der Waals surface area contributed by atoms with Crippen LogP contribution in [0.15, 0.2) is 53.4 Å². The number of aryl methyl sites for hydroxylation is 1. The molecule has 3 aromatic rings. The lowest BCUT2D eigenvalue weighted by molar-refractivity contribution is -0.384. The second-order valence-electron chi connectivity index (χ2n) is 5.96. The molecule has 0 aliphatic rings. The van der Waals surface area contributed by atoms with Crippen molar-refractivity contribution in [1.29, 1.82) is 0 Å². The number of hydrogen-bond acceptors (Lipinski definition) is 7. The summed E-state index contributed by atoms with van der Waals surface area (Å²) in [5, 5.41) is 15.2. The third-order valence-corrected chi connectivity index (χ3v) is 6.26. The normalized spacial score (nSPS) is 11.3. The maximum Gasteiger partial charge on any atom is 0.293 e. The molecule has 0 unspecified atom stereocenters. The molecule has 0 bridgehead atoms. The van der Waals surface area contributed by atoms with Crippen molar-refractivity contribution in [3.63, 3.8) is 0 Å². The van der Waals surface area contributed by atoms with Crippen LogP contribution in [0.3, 0.4) is 0 Å².